The number of benzene rings is 2. The Morgan fingerprint density at radius 1 is 1.12 bits per heavy atom. The number of hydrogen-bond acceptors (Lipinski definition) is 4. The van der Waals surface area contributed by atoms with Crippen LogP contribution in [0.5, 0.6) is 5.75 Å². The van der Waals surface area contributed by atoms with Gasteiger partial charge in [-0.05, 0) is 55.2 Å². The monoisotopic (exact) mass is 335 g/mol. The van der Waals surface area contributed by atoms with E-state index in [-0.39, 0.29) is 0 Å². The van der Waals surface area contributed by atoms with E-state index in [9.17, 15) is 4.79 Å². The lowest BCUT2D eigenvalue weighted by Crippen LogP contribution is -2.05. The zero-order valence-corrected chi connectivity index (χ0v) is 14.7. The smallest absolute Gasteiger partial charge is 0.363 e. The van der Waals surface area contributed by atoms with Crippen LogP contribution in [0.1, 0.15) is 28.7 Å². The molecule has 0 amide bonds. The normalized spacial score (nSPS) is 15.2. The van der Waals surface area contributed by atoms with Crippen LogP contribution < -0.4 is 4.74 Å². The first-order valence-corrected chi connectivity index (χ1v) is 8.27. The second-order valence-corrected chi connectivity index (χ2v) is 6.14. The van der Waals surface area contributed by atoms with Gasteiger partial charge in [-0.15, -0.1) is 0 Å². The molecule has 0 unspecified atom stereocenters. The van der Waals surface area contributed by atoms with Crippen molar-refractivity contribution in [3.05, 3.63) is 70.4 Å². The maximum absolute atomic E-state index is 12.0. The van der Waals surface area contributed by atoms with Crippen LogP contribution in [0.25, 0.3) is 6.08 Å². The van der Waals surface area contributed by atoms with E-state index in [1.165, 1.54) is 11.1 Å². The van der Waals surface area contributed by atoms with E-state index in [0.717, 1.165) is 23.3 Å². The number of carbonyl (C=O) groups is 1. The summed E-state index contributed by atoms with van der Waals surface area (Å²) < 4.78 is 10.5. The van der Waals surface area contributed by atoms with Crippen molar-refractivity contribution in [2.75, 3.05) is 7.11 Å². The summed E-state index contributed by atoms with van der Waals surface area (Å²) >= 11 is 0. The molecule has 0 bridgehead atoms. The summed E-state index contributed by atoms with van der Waals surface area (Å²) in [7, 11) is 1.64. The van der Waals surface area contributed by atoms with E-state index in [1.54, 1.807) is 13.2 Å². The van der Waals surface area contributed by atoms with Gasteiger partial charge in [0, 0.05) is 6.42 Å². The molecule has 128 valence electrons. The van der Waals surface area contributed by atoms with Crippen LogP contribution in [-0.2, 0) is 16.0 Å². The van der Waals surface area contributed by atoms with Crippen LogP contribution in [0, 0.1) is 13.8 Å². The van der Waals surface area contributed by atoms with E-state index < -0.39 is 5.97 Å². The lowest BCUT2D eigenvalue weighted by Gasteiger charge is -2.04. The van der Waals surface area contributed by atoms with Crippen molar-refractivity contribution >= 4 is 17.9 Å². The predicted molar refractivity (Wildman–Crippen MR) is 98.7 cm³/mol. The molecule has 0 spiro atoms. The first kappa shape index (κ1) is 17.0. The van der Waals surface area contributed by atoms with Gasteiger partial charge in [-0.2, -0.15) is 0 Å². The summed E-state index contributed by atoms with van der Waals surface area (Å²) in [6.07, 6.45) is 3.14. The highest BCUT2D eigenvalue weighted by molar-refractivity contribution is 6.07. The number of ether oxygens (including phenoxy) is 2. The van der Waals surface area contributed by atoms with Gasteiger partial charge in [-0.25, -0.2) is 9.79 Å². The number of aryl methyl sites for hydroxylation is 3. The average molecular weight is 335 g/mol. The summed E-state index contributed by atoms with van der Waals surface area (Å²) in [5.74, 6) is 0.897. The average Bonchev–Trinajstić information content (AvgIpc) is 2.93. The number of nitrogens with zero attached hydrogens (tertiary/aromatic N) is 1. The predicted octanol–water partition coefficient (Wildman–Crippen LogP) is 4.24. The van der Waals surface area contributed by atoms with E-state index in [0.29, 0.717) is 18.0 Å². The van der Waals surface area contributed by atoms with Crippen molar-refractivity contribution in [1.29, 1.82) is 0 Å². The molecular formula is C21H21NO3. The molecule has 0 saturated heterocycles. The second kappa shape index (κ2) is 7.34. The number of methoxy groups -OCH3 is 1. The lowest BCUT2D eigenvalue weighted by atomic mass is 10.1. The Bertz CT molecular complexity index is 865. The highest BCUT2D eigenvalue weighted by Gasteiger charge is 2.22. The topological polar surface area (TPSA) is 47.9 Å². The van der Waals surface area contributed by atoms with Gasteiger partial charge in [0.1, 0.15) is 5.75 Å². The fourth-order valence-corrected chi connectivity index (χ4v) is 2.83. The maximum Gasteiger partial charge on any atom is 0.363 e. The molecule has 4 heteroatoms. The summed E-state index contributed by atoms with van der Waals surface area (Å²) in [6, 6.07) is 14.0. The largest absolute Gasteiger partial charge is 0.496 e. The van der Waals surface area contributed by atoms with Crippen molar-refractivity contribution in [1.82, 2.24) is 0 Å². The van der Waals surface area contributed by atoms with Crippen LogP contribution >= 0.6 is 0 Å². The minimum Gasteiger partial charge on any atom is -0.496 e. The number of aliphatic imine (C=N–C) groups is 1. The quantitative estimate of drug-likeness (QED) is 0.606. The summed E-state index contributed by atoms with van der Waals surface area (Å²) in [6.45, 7) is 4.03. The standard InChI is InChI=1S/C21H21NO3/c1-14-5-4-6-16(11-14)8-10-20-22-18(21(23)25-20)13-17-7-9-19(24-3)15(2)12-17/h4-7,9,11-13H,8,10H2,1-3H3/b18-13+. The van der Waals surface area contributed by atoms with E-state index in [2.05, 4.69) is 30.1 Å². The van der Waals surface area contributed by atoms with Crippen molar-refractivity contribution < 1.29 is 14.3 Å². The highest BCUT2D eigenvalue weighted by Crippen LogP contribution is 2.22. The van der Waals surface area contributed by atoms with Gasteiger partial charge in [0.15, 0.2) is 11.6 Å². The Morgan fingerprint density at radius 2 is 1.96 bits per heavy atom. The molecule has 25 heavy (non-hydrogen) atoms. The van der Waals surface area contributed by atoms with Crippen molar-refractivity contribution in [2.45, 2.75) is 26.7 Å². The third kappa shape index (κ3) is 4.15. The van der Waals surface area contributed by atoms with Crippen molar-refractivity contribution in [2.24, 2.45) is 4.99 Å². The van der Waals surface area contributed by atoms with Crippen LogP contribution in [0.2, 0.25) is 0 Å². The minimum absolute atomic E-state index is 0.337. The van der Waals surface area contributed by atoms with Crippen molar-refractivity contribution in [3.63, 3.8) is 0 Å². The molecule has 4 nitrogen and oxygen atoms in total. The molecular weight excluding hydrogens is 314 g/mol. The van der Waals surface area contributed by atoms with Crippen LogP contribution in [0.3, 0.4) is 0 Å². The number of cyclic esters (lactones) is 1. The fraction of sp³-hybridized carbons (Fsp3) is 0.238. The Morgan fingerprint density at radius 3 is 2.68 bits per heavy atom. The maximum atomic E-state index is 12.0. The summed E-state index contributed by atoms with van der Waals surface area (Å²) in [5.41, 5.74) is 4.67. The van der Waals surface area contributed by atoms with Crippen molar-refractivity contribution in [3.8, 4) is 5.75 Å². The third-order valence-corrected chi connectivity index (χ3v) is 4.10. The van der Waals surface area contributed by atoms with Gasteiger partial charge >= 0.3 is 5.97 Å². The molecule has 0 aliphatic carbocycles. The second-order valence-electron chi connectivity index (χ2n) is 6.14. The number of rotatable bonds is 5. The lowest BCUT2D eigenvalue weighted by molar-refractivity contribution is -0.130. The first-order chi connectivity index (χ1) is 12.0. The zero-order valence-electron chi connectivity index (χ0n) is 14.7. The van der Waals surface area contributed by atoms with E-state index >= 15 is 0 Å². The van der Waals surface area contributed by atoms with Crippen LogP contribution in [0.15, 0.2) is 53.2 Å². The molecule has 0 aromatic heterocycles. The first-order valence-electron chi connectivity index (χ1n) is 8.27. The molecule has 0 fully saturated rings. The molecule has 1 aliphatic heterocycles. The van der Waals surface area contributed by atoms with Gasteiger partial charge in [-0.1, -0.05) is 35.9 Å². The molecule has 1 heterocycles. The van der Waals surface area contributed by atoms with E-state index in [4.69, 9.17) is 9.47 Å². The number of esters is 1. The van der Waals surface area contributed by atoms with Gasteiger partial charge in [0.05, 0.1) is 7.11 Å². The minimum atomic E-state index is -0.396. The highest BCUT2D eigenvalue weighted by atomic mass is 16.6. The Labute approximate surface area is 147 Å². The number of carbonyl (C=O) groups excluding carboxylic acids is 1. The SMILES string of the molecule is COc1ccc(/C=C2/N=C(CCc3cccc(C)c3)OC2=O)cc1C. The molecule has 0 radical (unpaired) electrons. The number of hydrogen-bond donors (Lipinski definition) is 0. The van der Waals surface area contributed by atoms with Gasteiger partial charge in [0.25, 0.3) is 0 Å². The molecule has 0 N–H and O–H groups in total. The van der Waals surface area contributed by atoms with Gasteiger partial charge < -0.3 is 9.47 Å². The van der Waals surface area contributed by atoms with Gasteiger partial charge in [-0.3, -0.25) is 0 Å². The summed E-state index contributed by atoms with van der Waals surface area (Å²) in [5, 5.41) is 0. The van der Waals surface area contributed by atoms with Crippen LogP contribution in [0.4, 0.5) is 0 Å². The fourth-order valence-electron chi connectivity index (χ4n) is 2.83. The summed E-state index contributed by atoms with van der Waals surface area (Å²) in [4.78, 5) is 16.4. The van der Waals surface area contributed by atoms with Crippen LogP contribution in [-0.4, -0.2) is 19.0 Å². The zero-order chi connectivity index (χ0) is 17.8. The third-order valence-electron chi connectivity index (χ3n) is 4.10. The molecule has 2 aromatic rings. The molecule has 3 rings (SSSR count). The molecule has 0 atom stereocenters. The Hall–Kier alpha value is -2.88. The van der Waals surface area contributed by atoms with Gasteiger partial charge in [0.2, 0.25) is 0 Å². The molecule has 1 aliphatic rings. The molecule has 2 aromatic carbocycles. The molecule has 0 saturated carbocycles. The van der Waals surface area contributed by atoms with E-state index in [1.807, 2.05) is 31.2 Å². The Kier molecular flexibility index (Phi) is 4.98. The Balaban J connectivity index is 1.72.